The van der Waals surface area contributed by atoms with E-state index >= 15 is 0 Å². The summed E-state index contributed by atoms with van der Waals surface area (Å²) in [5.41, 5.74) is 0.467. The Morgan fingerprint density at radius 1 is 1.37 bits per heavy atom. The predicted octanol–water partition coefficient (Wildman–Crippen LogP) is 1.53. The van der Waals surface area contributed by atoms with Gasteiger partial charge < -0.3 is 15.2 Å². The van der Waals surface area contributed by atoms with E-state index < -0.39 is 0 Å². The molecule has 0 spiro atoms. The zero-order valence-corrected chi connectivity index (χ0v) is 11.1. The number of H-pyrrole nitrogens is 1. The molecule has 102 valence electrons. The Balaban J connectivity index is 1.78. The number of nitrogens with one attached hydrogen (secondary N) is 2. The number of anilines is 1. The highest BCUT2D eigenvalue weighted by Crippen LogP contribution is 2.10. The fourth-order valence-corrected chi connectivity index (χ4v) is 2.45. The fourth-order valence-electron chi connectivity index (χ4n) is 2.45. The molecule has 1 aromatic rings. The number of pyridine rings is 1. The molecular formula is C14H20N4O. The van der Waals surface area contributed by atoms with E-state index in [0.29, 0.717) is 5.69 Å². The van der Waals surface area contributed by atoms with Crippen LogP contribution in [0.3, 0.4) is 0 Å². The average Bonchev–Trinajstić information content (AvgIpc) is 2.45. The summed E-state index contributed by atoms with van der Waals surface area (Å²) >= 11 is 0. The fraction of sp³-hybridized carbons (Fsp3) is 0.571. The van der Waals surface area contributed by atoms with E-state index in [9.17, 15) is 4.79 Å². The first kappa shape index (κ1) is 13.6. The van der Waals surface area contributed by atoms with Crippen molar-refractivity contribution in [3.63, 3.8) is 0 Å². The van der Waals surface area contributed by atoms with Crippen LogP contribution in [0, 0.1) is 11.3 Å². The first-order valence-corrected chi connectivity index (χ1v) is 6.89. The van der Waals surface area contributed by atoms with E-state index in [1.54, 1.807) is 12.3 Å². The molecule has 0 saturated carbocycles. The quantitative estimate of drug-likeness (QED) is 0.788. The molecule has 0 bridgehead atoms. The third kappa shape index (κ3) is 3.83. The minimum absolute atomic E-state index is 0.167. The van der Waals surface area contributed by atoms with Gasteiger partial charge in [-0.3, -0.25) is 4.79 Å². The lowest BCUT2D eigenvalue weighted by atomic mass is 10.1. The molecule has 0 unspecified atom stereocenters. The number of likely N-dealkylation sites (tertiary alicyclic amines) is 1. The van der Waals surface area contributed by atoms with Crippen LogP contribution < -0.4 is 10.9 Å². The van der Waals surface area contributed by atoms with Gasteiger partial charge in [-0.1, -0.05) is 6.42 Å². The second-order valence-electron chi connectivity index (χ2n) is 4.89. The van der Waals surface area contributed by atoms with E-state index in [1.165, 1.54) is 32.4 Å². The summed E-state index contributed by atoms with van der Waals surface area (Å²) in [6.45, 7) is 4.27. The molecule has 0 radical (unpaired) electrons. The molecule has 2 N–H and O–H groups in total. The molecule has 1 aromatic heterocycles. The Bertz CT molecular complexity index is 497. The lowest BCUT2D eigenvalue weighted by Gasteiger charge is -2.26. The lowest BCUT2D eigenvalue weighted by molar-refractivity contribution is 0.228. The largest absolute Gasteiger partial charge is 0.384 e. The molecule has 0 atom stereocenters. The van der Waals surface area contributed by atoms with E-state index in [1.807, 2.05) is 6.07 Å². The van der Waals surface area contributed by atoms with Gasteiger partial charge >= 0.3 is 0 Å². The van der Waals surface area contributed by atoms with Crippen molar-refractivity contribution in [2.45, 2.75) is 25.7 Å². The summed E-state index contributed by atoms with van der Waals surface area (Å²) in [6, 6.07) is 3.67. The Hall–Kier alpha value is -1.80. The molecule has 1 fully saturated rings. The first-order chi connectivity index (χ1) is 9.31. The van der Waals surface area contributed by atoms with Crippen LogP contribution in [0.5, 0.6) is 0 Å². The van der Waals surface area contributed by atoms with Crippen LogP contribution in [0.4, 0.5) is 5.69 Å². The van der Waals surface area contributed by atoms with Crippen LogP contribution in [0.2, 0.25) is 0 Å². The minimum atomic E-state index is -0.330. The molecule has 0 aliphatic carbocycles. The molecule has 0 amide bonds. The second-order valence-corrected chi connectivity index (χ2v) is 4.89. The van der Waals surface area contributed by atoms with Gasteiger partial charge in [-0.2, -0.15) is 5.26 Å². The summed E-state index contributed by atoms with van der Waals surface area (Å²) in [5, 5.41) is 12.1. The molecule has 1 aliphatic heterocycles. The molecule has 2 heterocycles. The maximum atomic E-state index is 11.4. The lowest BCUT2D eigenvalue weighted by Crippen LogP contribution is -2.31. The molecule has 0 aromatic carbocycles. The summed E-state index contributed by atoms with van der Waals surface area (Å²) < 4.78 is 0. The maximum Gasteiger partial charge on any atom is 0.267 e. The van der Waals surface area contributed by atoms with Crippen LogP contribution in [0.15, 0.2) is 17.1 Å². The number of aromatic nitrogens is 1. The van der Waals surface area contributed by atoms with Crippen LogP contribution in [-0.4, -0.2) is 36.1 Å². The SMILES string of the molecule is N#Cc1c(NCCCN2CCCCC2)cc[nH]c1=O. The number of piperidine rings is 1. The molecule has 1 aliphatic rings. The van der Waals surface area contributed by atoms with Crippen LogP contribution in [-0.2, 0) is 0 Å². The van der Waals surface area contributed by atoms with Crippen LogP contribution >= 0.6 is 0 Å². The van der Waals surface area contributed by atoms with E-state index in [2.05, 4.69) is 15.2 Å². The van der Waals surface area contributed by atoms with E-state index in [-0.39, 0.29) is 11.1 Å². The van der Waals surface area contributed by atoms with Crippen molar-refractivity contribution in [2.24, 2.45) is 0 Å². The van der Waals surface area contributed by atoms with Crippen molar-refractivity contribution in [2.75, 3.05) is 31.5 Å². The third-order valence-electron chi connectivity index (χ3n) is 3.49. The smallest absolute Gasteiger partial charge is 0.267 e. The second kappa shape index (κ2) is 6.95. The van der Waals surface area contributed by atoms with Crippen molar-refractivity contribution < 1.29 is 0 Å². The number of hydrogen-bond acceptors (Lipinski definition) is 4. The molecule has 5 nitrogen and oxygen atoms in total. The zero-order chi connectivity index (χ0) is 13.5. The van der Waals surface area contributed by atoms with Gasteiger partial charge in [-0.05, 0) is 45.0 Å². The van der Waals surface area contributed by atoms with Gasteiger partial charge in [-0.15, -0.1) is 0 Å². The highest BCUT2D eigenvalue weighted by Gasteiger charge is 2.09. The van der Waals surface area contributed by atoms with Crippen LogP contribution in [0.25, 0.3) is 0 Å². The van der Waals surface area contributed by atoms with Gasteiger partial charge in [0.05, 0.1) is 5.69 Å². The highest BCUT2D eigenvalue weighted by molar-refractivity contribution is 5.55. The average molecular weight is 260 g/mol. The number of nitrogens with zero attached hydrogens (tertiary/aromatic N) is 2. The number of aromatic amines is 1. The van der Waals surface area contributed by atoms with Gasteiger partial charge in [0.1, 0.15) is 11.6 Å². The normalized spacial score (nSPS) is 15.9. The van der Waals surface area contributed by atoms with Crippen molar-refractivity contribution in [3.05, 3.63) is 28.2 Å². The Morgan fingerprint density at radius 2 is 2.16 bits per heavy atom. The Morgan fingerprint density at radius 3 is 2.89 bits per heavy atom. The van der Waals surface area contributed by atoms with E-state index in [4.69, 9.17) is 5.26 Å². The molecular weight excluding hydrogens is 240 g/mol. The minimum Gasteiger partial charge on any atom is -0.384 e. The summed E-state index contributed by atoms with van der Waals surface area (Å²) in [5.74, 6) is 0. The topological polar surface area (TPSA) is 71.9 Å². The summed E-state index contributed by atoms with van der Waals surface area (Å²) in [6.07, 6.45) is 6.56. The monoisotopic (exact) mass is 260 g/mol. The van der Waals surface area contributed by atoms with Gasteiger partial charge in [0.2, 0.25) is 0 Å². The van der Waals surface area contributed by atoms with Crippen molar-refractivity contribution >= 4 is 5.69 Å². The number of nitriles is 1. The van der Waals surface area contributed by atoms with Gasteiger partial charge in [0.15, 0.2) is 0 Å². The molecule has 5 heteroatoms. The van der Waals surface area contributed by atoms with Crippen molar-refractivity contribution in [1.29, 1.82) is 5.26 Å². The Labute approximate surface area is 113 Å². The molecule has 19 heavy (non-hydrogen) atoms. The maximum absolute atomic E-state index is 11.4. The summed E-state index contributed by atoms with van der Waals surface area (Å²) in [7, 11) is 0. The number of rotatable bonds is 5. The predicted molar refractivity (Wildman–Crippen MR) is 75.2 cm³/mol. The van der Waals surface area contributed by atoms with Gasteiger partial charge in [0.25, 0.3) is 5.56 Å². The van der Waals surface area contributed by atoms with Crippen LogP contribution in [0.1, 0.15) is 31.2 Å². The number of hydrogen-bond donors (Lipinski definition) is 2. The van der Waals surface area contributed by atoms with Crippen molar-refractivity contribution in [3.8, 4) is 6.07 Å². The van der Waals surface area contributed by atoms with Gasteiger partial charge in [-0.25, -0.2) is 0 Å². The van der Waals surface area contributed by atoms with Gasteiger partial charge in [0, 0.05) is 12.7 Å². The Kier molecular flexibility index (Phi) is 4.99. The zero-order valence-electron chi connectivity index (χ0n) is 11.1. The standard InChI is InChI=1S/C14H20N4O/c15-11-12-13(5-7-17-14(12)19)16-6-4-10-18-8-2-1-3-9-18/h5,7H,1-4,6,8-10H2,(H2,16,17,19). The first-order valence-electron chi connectivity index (χ1n) is 6.89. The highest BCUT2D eigenvalue weighted by atomic mass is 16.1. The summed E-state index contributed by atoms with van der Waals surface area (Å²) in [4.78, 5) is 16.4. The third-order valence-corrected chi connectivity index (χ3v) is 3.49. The molecule has 2 rings (SSSR count). The molecule has 1 saturated heterocycles. The van der Waals surface area contributed by atoms with E-state index in [0.717, 1.165) is 19.5 Å². The van der Waals surface area contributed by atoms with Crippen molar-refractivity contribution in [1.82, 2.24) is 9.88 Å².